The number of aryl methyl sites for hydroxylation is 1. The van der Waals surface area contributed by atoms with Crippen LogP contribution in [-0.2, 0) is 26.3 Å². The molecule has 0 aliphatic carbocycles. The summed E-state index contributed by atoms with van der Waals surface area (Å²) in [4.78, 5) is 64.7. The first kappa shape index (κ1) is 23.9. The average Bonchev–Trinajstić information content (AvgIpc) is 3.23. The van der Waals surface area contributed by atoms with Crippen LogP contribution in [0.3, 0.4) is 0 Å². The fourth-order valence-corrected chi connectivity index (χ4v) is 4.44. The molecule has 0 radical (unpaired) electrons. The molecule has 0 bridgehead atoms. The van der Waals surface area contributed by atoms with E-state index in [1.165, 1.54) is 0 Å². The first-order valence-corrected chi connectivity index (χ1v) is 11.4. The lowest BCUT2D eigenvalue weighted by atomic mass is 9.87. The Kier molecular flexibility index (Phi) is 6.29. The Balaban J connectivity index is 1.42. The lowest BCUT2D eigenvalue weighted by molar-refractivity contribution is -0.141. The number of hydrazine groups is 1. The zero-order valence-corrected chi connectivity index (χ0v) is 19.5. The second-order valence-corrected chi connectivity index (χ2v) is 8.87. The van der Waals surface area contributed by atoms with E-state index in [4.69, 9.17) is 0 Å². The molecule has 2 aliphatic heterocycles. The Morgan fingerprint density at radius 1 is 0.886 bits per heavy atom. The summed E-state index contributed by atoms with van der Waals surface area (Å²) in [5, 5.41) is 5.92. The fourth-order valence-electron chi connectivity index (χ4n) is 4.44. The highest BCUT2D eigenvalue weighted by atomic mass is 16.2. The maximum Gasteiger partial charge on any atom is 0.344 e. The minimum Gasteiger partial charge on any atom is -0.323 e. The number of amides is 7. The van der Waals surface area contributed by atoms with Crippen molar-refractivity contribution in [3.63, 3.8) is 0 Å². The molecule has 0 aromatic heterocycles. The number of hydrogen-bond acceptors (Lipinski definition) is 5. The van der Waals surface area contributed by atoms with Crippen molar-refractivity contribution in [3.8, 4) is 0 Å². The first-order valence-electron chi connectivity index (χ1n) is 11.4. The fraction of sp³-hybridized carbons (Fsp3) is 0.320. The Bertz CT molecular complexity index is 1170. The number of nitrogens with one attached hydrogen (secondary N) is 3. The largest absolute Gasteiger partial charge is 0.344 e. The summed E-state index contributed by atoms with van der Waals surface area (Å²) < 4.78 is 0. The van der Waals surface area contributed by atoms with Crippen LogP contribution < -0.4 is 16.1 Å². The zero-order valence-electron chi connectivity index (χ0n) is 19.5. The van der Waals surface area contributed by atoms with Crippen molar-refractivity contribution in [2.45, 2.75) is 44.2 Å². The van der Waals surface area contributed by atoms with Gasteiger partial charge in [-0.2, -0.15) is 5.01 Å². The van der Waals surface area contributed by atoms with E-state index in [-0.39, 0.29) is 6.42 Å². The average molecular weight is 478 g/mol. The molecule has 3 N–H and O–H groups in total. The van der Waals surface area contributed by atoms with Crippen LogP contribution in [0.4, 0.5) is 9.59 Å². The van der Waals surface area contributed by atoms with Gasteiger partial charge in [0.2, 0.25) is 0 Å². The van der Waals surface area contributed by atoms with Gasteiger partial charge >= 0.3 is 12.1 Å². The van der Waals surface area contributed by atoms with Crippen molar-refractivity contribution in [2.24, 2.45) is 0 Å². The van der Waals surface area contributed by atoms with Crippen molar-refractivity contribution in [2.75, 3.05) is 6.54 Å². The van der Waals surface area contributed by atoms with Crippen molar-refractivity contribution < 1.29 is 24.0 Å². The van der Waals surface area contributed by atoms with E-state index in [9.17, 15) is 24.0 Å². The van der Waals surface area contributed by atoms with E-state index in [2.05, 4.69) is 16.1 Å². The Hall–Kier alpha value is -4.21. The van der Waals surface area contributed by atoms with Crippen LogP contribution in [0, 0.1) is 0 Å². The predicted octanol–water partition coefficient (Wildman–Crippen LogP) is 1.82. The number of carbonyl (C=O) groups excluding carboxylic acids is 5. The van der Waals surface area contributed by atoms with Crippen molar-refractivity contribution in [1.82, 2.24) is 26.0 Å². The molecule has 0 saturated carbocycles. The number of hydrogen-bond donors (Lipinski definition) is 3. The van der Waals surface area contributed by atoms with Crippen molar-refractivity contribution >= 4 is 29.8 Å². The number of nitrogens with zero attached hydrogens (tertiary/aromatic N) is 2. The van der Waals surface area contributed by atoms with E-state index >= 15 is 0 Å². The normalized spacial score (nSPS) is 23.9. The maximum atomic E-state index is 13.2. The number of carbonyl (C=O) groups is 5. The Labute approximate surface area is 202 Å². The molecule has 2 atom stereocenters. The van der Waals surface area contributed by atoms with Gasteiger partial charge in [0.05, 0.1) is 0 Å². The van der Waals surface area contributed by atoms with Crippen LogP contribution in [0.25, 0.3) is 0 Å². The molecule has 10 nitrogen and oxygen atoms in total. The predicted molar refractivity (Wildman–Crippen MR) is 125 cm³/mol. The number of benzene rings is 2. The van der Waals surface area contributed by atoms with E-state index in [0.717, 1.165) is 10.5 Å². The van der Waals surface area contributed by atoms with Gasteiger partial charge in [0, 0.05) is 0 Å². The molecule has 2 saturated heterocycles. The van der Waals surface area contributed by atoms with Gasteiger partial charge in [-0.3, -0.25) is 24.7 Å². The quantitative estimate of drug-likeness (QED) is 0.500. The van der Waals surface area contributed by atoms with Crippen molar-refractivity contribution in [3.05, 3.63) is 71.8 Å². The molecule has 182 valence electrons. The summed E-state index contributed by atoms with van der Waals surface area (Å²) in [7, 11) is 0. The van der Waals surface area contributed by atoms with E-state index < -0.39 is 47.4 Å². The molecule has 7 amide bonds. The molecule has 2 fully saturated rings. The molecule has 0 spiro atoms. The standard InChI is InChI=1S/C25H27N5O5/c1-3-25(18-12-8-5-9-13-18)21(33)30(23(35)27-25)28-19(31)16-29-20(32)24(2,26-22(29)34)15-14-17-10-6-4-7-11-17/h4-13H,3,14-16H2,1-2H3,(H,26,34)(H,27,35)(H,28,31). The minimum absolute atomic E-state index is 0.265. The third-order valence-electron chi connectivity index (χ3n) is 6.53. The van der Waals surface area contributed by atoms with Crippen LogP contribution >= 0.6 is 0 Å². The second kappa shape index (κ2) is 9.21. The third kappa shape index (κ3) is 4.34. The third-order valence-corrected chi connectivity index (χ3v) is 6.53. The van der Waals surface area contributed by atoms with Gasteiger partial charge in [-0.15, -0.1) is 0 Å². The van der Waals surface area contributed by atoms with Crippen molar-refractivity contribution in [1.29, 1.82) is 0 Å². The van der Waals surface area contributed by atoms with Gasteiger partial charge in [-0.05, 0) is 37.3 Å². The summed E-state index contributed by atoms with van der Waals surface area (Å²) in [6, 6.07) is 16.8. The summed E-state index contributed by atoms with van der Waals surface area (Å²) in [6.45, 7) is 2.73. The summed E-state index contributed by atoms with van der Waals surface area (Å²) in [6.07, 6.45) is 1.17. The van der Waals surface area contributed by atoms with E-state index in [1.54, 1.807) is 44.2 Å². The molecule has 35 heavy (non-hydrogen) atoms. The van der Waals surface area contributed by atoms with Crippen LogP contribution in [-0.4, -0.2) is 51.8 Å². The zero-order chi connectivity index (χ0) is 25.2. The van der Waals surface area contributed by atoms with Gasteiger partial charge in [0.1, 0.15) is 17.6 Å². The van der Waals surface area contributed by atoms with Crippen LogP contribution in [0.2, 0.25) is 0 Å². The van der Waals surface area contributed by atoms with Gasteiger partial charge in [0.25, 0.3) is 17.7 Å². The van der Waals surface area contributed by atoms with Crippen LogP contribution in [0.5, 0.6) is 0 Å². The molecule has 10 heteroatoms. The summed E-state index contributed by atoms with van der Waals surface area (Å²) in [5.74, 6) is -2.03. The summed E-state index contributed by atoms with van der Waals surface area (Å²) in [5.41, 5.74) is 1.37. The number of imide groups is 2. The minimum atomic E-state index is -1.32. The highest BCUT2D eigenvalue weighted by Crippen LogP contribution is 2.31. The number of urea groups is 2. The van der Waals surface area contributed by atoms with E-state index in [1.807, 2.05) is 30.3 Å². The molecule has 2 aliphatic rings. The highest BCUT2D eigenvalue weighted by molar-refractivity contribution is 6.10. The Morgan fingerprint density at radius 3 is 2.14 bits per heavy atom. The lowest BCUT2D eigenvalue weighted by Crippen LogP contribution is -2.52. The molecule has 2 aromatic rings. The molecular formula is C25H27N5O5. The van der Waals surface area contributed by atoms with Crippen LogP contribution in [0.15, 0.2) is 60.7 Å². The van der Waals surface area contributed by atoms with Gasteiger partial charge in [-0.1, -0.05) is 67.6 Å². The molecule has 2 heterocycles. The number of rotatable bonds is 8. The lowest BCUT2D eigenvalue weighted by Gasteiger charge is -2.25. The molecular weight excluding hydrogens is 450 g/mol. The maximum absolute atomic E-state index is 13.2. The molecule has 4 rings (SSSR count). The van der Waals surface area contributed by atoms with E-state index in [0.29, 0.717) is 23.4 Å². The second-order valence-electron chi connectivity index (χ2n) is 8.87. The van der Waals surface area contributed by atoms with Crippen LogP contribution in [0.1, 0.15) is 37.8 Å². The topological polar surface area (TPSA) is 128 Å². The monoisotopic (exact) mass is 477 g/mol. The van der Waals surface area contributed by atoms with Gasteiger partial charge in [0.15, 0.2) is 0 Å². The smallest absolute Gasteiger partial charge is 0.323 e. The van der Waals surface area contributed by atoms with Gasteiger partial charge in [-0.25, -0.2) is 9.59 Å². The first-order chi connectivity index (χ1) is 16.7. The molecule has 2 aromatic carbocycles. The SMILES string of the molecule is CCC1(c2ccccc2)NC(=O)N(NC(=O)CN2C(=O)NC(C)(CCc3ccccc3)C2=O)C1=O. The summed E-state index contributed by atoms with van der Waals surface area (Å²) >= 11 is 0. The molecule has 2 unspecified atom stereocenters. The highest BCUT2D eigenvalue weighted by Gasteiger charge is 2.53. The van der Waals surface area contributed by atoms with Gasteiger partial charge < -0.3 is 10.6 Å². The Morgan fingerprint density at radius 2 is 1.51 bits per heavy atom.